The predicted octanol–water partition coefficient (Wildman–Crippen LogP) is 0.901. The first-order valence-corrected chi connectivity index (χ1v) is 4.77. The minimum atomic E-state index is -0.895. The number of primary amides is 1. The Morgan fingerprint density at radius 3 is 2.54 bits per heavy atom. The van der Waals surface area contributed by atoms with Crippen molar-refractivity contribution in [1.29, 1.82) is 0 Å². The number of rotatable bonds is 1. The SMILES string of the molecule is NC(=O)NC(=O)c1sc(Br)cc1N. The van der Waals surface area contributed by atoms with Crippen molar-refractivity contribution in [2.24, 2.45) is 5.73 Å². The Kier molecular flexibility index (Phi) is 2.89. The van der Waals surface area contributed by atoms with Gasteiger partial charge in [-0.3, -0.25) is 10.1 Å². The summed E-state index contributed by atoms with van der Waals surface area (Å²) in [5, 5.41) is 1.92. The van der Waals surface area contributed by atoms with Crippen molar-refractivity contribution in [3.8, 4) is 0 Å². The molecule has 5 nitrogen and oxygen atoms in total. The average molecular weight is 264 g/mol. The molecule has 1 heterocycles. The zero-order valence-electron chi connectivity index (χ0n) is 6.33. The molecule has 0 aliphatic carbocycles. The molecule has 0 saturated carbocycles. The number of nitrogens with two attached hydrogens (primary N) is 2. The van der Waals surface area contributed by atoms with Crippen LogP contribution in [0.4, 0.5) is 10.5 Å². The lowest BCUT2D eigenvalue weighted by atomic mass is 10.4. The van der Waals surface area contributed by atoms with Crippen LogP contribution in [-0.4, -0.2) is 11.9 Å². The lowest BCUT2D eigenvalue weighted by Gasteiger charge is -1.97. The molecule has 0 aliphatic heterocycles. The number of nitrogens with one attached hydrogen (secondary N) is 1. The summed E-state index contributed by atoms with van der Waals surface area (Å²) in [5.74, 6) is -0.583. The van der Waals surface area contributed by atoms with E-state index in [1.165, 1.54) is 0 Å². The maximum Gasteiger partial charge on any atom is 0.319 e. The second-order valence-electron chi connectivity index (χ2n) is 2.15. The highest BCUT2D eigenvalue weighted by molar-refractivity contribution is 9.11. The van der Waals surface area contributed by atoms with E-state index in [1.54, 1.807) is 6.07 Å². The van der Waals surface area contributed by atoms with Gasteiger partial charge in [0.1, 0.15) is 4.88 Å². The Hall–Kier alpha value is -1.08. The number of imide groups is 1. The molecule has 3 amide bonds. The van der Waals surface area contributed by atoms with Gasteiger partial charge in [0.05, 0.1) is 9.47 Å². The highest BCUT2D eigenvalue weighted by Crippen LogP contribution is 2.28. The lowest BCUT2D eigenvalue weighted by Crippen LogP contribution is -2.34. The van der Waals surface area contributed by atoms with Crippen LogP contribution in [0, 0.1) is 0 Å². The second-order valence-corrected chi connectivity index (χ2v) is 4.58. The smallest absolute Gasteiger partial charge is 0.319 e. The van der Waals surface area contributed by atoms with E-state index in [0.717, 1.165) is 15.1 Å². The van der Waals surface area contributed by atoms with Gasteiger partial charge in [-0.15, -0.1) is 11.3 Å². The van der Waals surface area contributed by atoms with Crippen LogP contribution in [0.15, 0.2) is 9.85 Å². The fraction of sp³-hybridized carbons (Fsp3) is 0. The number of carbonyl (C=O) groups is 2. The van der Waals surface area contributed by atoms with Crippen LogP contribution in [0.25, 0.3) is 0 Å². The first kappa shape index (κ1) is 10.0. The van der Waals surface area contributed by atoms with Crippen LogP contribution in [0.1, 0.15) is 9.67 Å². The second kappa shape index (κ2) is 3.75. The fourth-order valence-corrected chi connectivity index (χ4v) is 2.15. The Morgan fingerprint density at radius 2 is 2.15 bits per heavy atom. The summed E-state index contributed by atoms with van der Waals surface area (Å²) < 4.78 is 0.722. The van der Waals surface area contributed by atoms with Crippen molar-refractivity contribution in [2.45, 2.75) is 0 Å². The van der Waals surface area contributed by atoms with Gasteiger partial charge < -0.3 is 11.5 Å². The minimum absolute atomic E-state index is 0.269. The van der Waals surface area contributed by atoms with Gasteiger partial charge >= 0.3 is 6.03 Å². The summed E-state index contributed by atoms with van der Waals surface area (Å²) in [6, 6.07) is 0.689. The van der Waals surface area contributed by atoms with Crippen molar-refractivity contribution >= 4 is 44.9 Å². The molecule has 0 radical (unpaired) electrons. The predicted molar refractivity (Wildman–Crippen MR) is 53.5 cm³/mol. The van der Waals surface area contributed by atoms with E-state index in [0.29, 0.717) is 5.69 Å². The monoisotopic (exact) mass is 263 g/mol. The molecule has 1 aromatic rings. The molecule has 5 N–H and O–H groups in total. The van der Waals surface area contributed by atoms with E-state index in [2.05, 4.69) is 15.9 Å². The number of halogens is 1. The lowest BCUT2D eigenvalue weighted by molar-refractivity contribution is 0.0971. The Morgan fingerprint density at radius 1 is 1.54 bits per heavy atom. The quantitative estimate of drug-likeness (QED) is 0.702. The fourth-order valence-electron chi connectivity index (χ4n) is 0.720. The molecule has 70 valence electrons. The molecule has 1 aromatic heterocycles. The molecule has 1 rings (SSSR count). The summed E-state index contributed by atoms with van der Waals surface area (Å²) >= 11 is 4.30. The van der Waals surface area contributed by atoms with E-state index in [-0.39, 0.29) is 4.88 Å². The highest BCUT2D eigenvalue weighted by Gasteiger charge is 2.14. The molecule has 7 heteroatoms. The highest BCUT2D eigenvalue weighted by atomic mass is 79.9. The molecule has 0 saturated heterocycles. The van der Waals surface area contributed by atoms with Crippen molar-refractivity contribution in [2.75, 3.05) is 5.73 Å². The number of hydrogen-bond donors (Lipinski definition) is 3. The van der Waals surface area contributed by atoms with Crippen molar-refractivity contribution in [1.82, 2.24) is 5.32 Å². The number of urea groups is 1. The first-order chi connectivity index (χ1) is 6.00. The van der Waals surface area contributed by atoms with E-state index in [9.17, 15) is 9.59 Å². The Bertz CT molecular complexity index is 363. The Balaban J connectivity index is 2.88. The average Bonchev–Trinajstić information content (AvgIpc) is 2.28. The van der Waals surface area contributed by atoms with Gasteiger partial charge in [-0.05, 0) is 22.0 Å². The largest absolute Gasteiger partial charge is 0.397 e. The van der Waals surface area contributed by atoms with Crippen LogP contribution >= 0.6 is 27.3 Å². The third kappa shape index (κ3) is 2.43. The van der Waals surface area contributed by atoms with Crippen LogP contribution in [0.5, 0.6) is 0 Å². The van der Waals surface area contributed by atoms with Gasteiger partial charge in [-0.2, -0.15) is 0 Å². The van der Waals surface area contributed by atoms with Gasteiger partial charge in [0.2, 0.25) is 0 Å². The van der Waals surface area contributed by atoms with E-state index < -0.39 is 11.9 Å². The van der Waals surface area contributed by atoms with Gasteiger partial charge in [0, 0.05) is 0 Å². The number of amides is 3. The van der Waals surface area contributed by atoms with E-state index >= 15 is 0 Å². The van der Waals surface area contributed by atoms with Gasteiger partial charge in [0.15, 0.2) is 0 Å². The molecule has 0 spiro atoms. The molecular weight excluding hydrogens is 258 g/mol. The molecular formula is C6H6BrN3O2S. The topological polar surface area (TPSA) is 98.2 Å². The third-order valence-corrected chi connectivity index (χ3v) is 2.83. The molecule has 0 atom stereocenters. The number of nitrogen functional groups attached to an aromatic ring is 1. The van der Waals surface area contributed by atoms with Crippen molar-refractivity contribution in [3.63, 3.8) is 0 Å². The maximum absolute atomic E-state index is 11.2. The van der Waals surface area contributed by atoms with Crippen LogP contribution in [0.2, 0.25) is 0 Å². The normalized spacial score (nSPS) is 9.62. The van der Waals surface area contributed by atoms with Crippen LogP contribution in [-0.2, 0) is 0 Å². The number of thiophene rings is 1. The molecule has 0 bridgehead atoms. The summed E-state index contributed by atoms with van der Waals surface area (Å²) in [4.78, 5) is 21.8. The molecule has 0 fully saturated rings. The molecule has 0 aromatic carbocycles. The Labute approximate surface area is 86.2 Å². The number of carbonyl (C=O) groups excluding carboxylic acids is 2. The summed E-state index contributed by atoms with van der Waals surface area (Å²) in [6.45, 7) is 0. The zero-order valence-corrected chi connectivity index (χ0v) is 8.74. The third-order valence-electron chi connectivity index (χ3n) is 1.17. The first-order valence-electron chi connectivity index (χ1n) is 3.16. The zero-order chi connectivity index (χ0) is 10.0. The van der Waals surface area contributed by atoms with Gasteiger partial charge in [-0.25, -0.2) is 4.79 Å². The number of hydrogen-bond acceptors (Lipinski definition) is 4. The standard InChI is InChI=1S/C6H6BrN3O2S/c7-3-1-2(8)4(13-3)5(11)10-6(9)12/h1H,8H2,(H3,9,10,11,12). The summed E-state index contributed by atoms with van der Waals surface area (Å²) in [7, 11) is 0. The summed E-state index contributed by atoms with van der Waals surface area (Å²) in [6.07, 6.45) is 0. The van der Waals surface area contributed by atoms with Gasteiger partial charge in [-0.1, -0.05) is 0 Å². The molecule has 0 aliphatic rings. The van der Waals surface area contributed by atoms with E-state index in [4.69, 9.17) is 11.5 Å². The van der Waals surface area contributed by atoms with Crippen molar-refractivity contribution < 1.29 is 9.59 Å². The molecule has 13 heavy (non-hydrogen) atoms. The van der Waals surface area contributed by atoms with E-state index in [1.807, 2.05) is 5.32 Å². The van der Waals surface area contributed by atoms with Gasteiger partial charge in [0.25, 0.3) is 5.91 Å². The minimum Gasteiger partial charge on any atom is -0.397 e. The van der Waals surface area contributed by atoms with Crippen LogP contribution in [0.3, 0.4) is 0 Å². The summed E-state index contributed by atoms with van der Waals surface area (Å²) in [5.41, 5.74) is 10.6. The number of anilines is 1. The van der Waals surface area contributed by atoms with Crippen molar-refractivity contribution in [3.05, 3.63) is 14.7 Å². The van der Waals surface area contributed by atoms with Crippen LogP contribution < -0.4 is 16.8 Å². The maximum atomic E-state index is 11.2. The molecule has 0 unspecified atom stereocenters.